The van der Waals surface area contributed by atoms with Gasteiger partial charge in [0.25, 0.3) is 0 Å². The first kappa shape index (κ1) is 14.7. The third-order valence-electron chi connectivity index (χ3n) is 3.69. The van der Waals surface area contributed by atoms with Crippen LogP contribution in [0.25, 0.3) is 0 Å². The number of hydrogen-bond acceptors (Lipinski definition) is 3. The first-order valence-electron chi connectivity index (χ1n) is 7.23. The molecule has 0 aliphatic heterocycles. The lowest BCUT2D eigenvalue weighted by Crippen LogP contribution is -2.36. The zero-order chi connectivity index (χ0) is 14.2. The Balaban J connectivity index is 1.78. The van der Waals surface area contributed by atoms with Gasteiger partial charge in [0.1, 0.15) is 0 Å². The van der Waals surface area contributed by atoms with Crippen molar-refractivity contribution in [2.24, 2.45) is 11.8 Å². The minimum Gasteiger partial charge on any atom is -0.396 e. The number of carbonyl (C=O) groups excluding carboxylic acids is 1. The molecule has 0 saturated carbocycles. The number of aromatic nitrogens is 1. The monoisotopic (exact) mass is 274 g/mol. The Bertz CT molecular complexity index is 445. The largest absolute Gasteiger partial charge is 0.396 e. The summed E-state index contributed by atoms with van der Waals surface area (Å²) in [6.07, 6.45) is 9.36. The predicted octanol–water partition coefficient (Wildman–Crippen LogP) is 1.71. The van der Waals surface area contributed by atoms with Gasteiger partial charge in [-0.2, -0.15) is 0 Å². The molecule has 2 unspecified atom stereocenters. The van der Waals surface area contributed by atoms with Gasteiger partial charge >= 0.3 is 0 Å². The highest BCUT2D eigenvalue weighted by Gasteiger charge is 2.19. The highest BCUT2D eigenvalue weighted by molar-refractivity contribution is 5.78. The summed E-state index contributed by atoms with van der Waals surface area (Å²) in [5.41, 5.74) is 0.946. The Labute approximate surface area is 119 Å². The zero-order valence-electron chi connectivity index (χ0n) is 11.7. The number of pyridine rings is 1. The van der Waals surface area contributed by atoms with Gasteiger partial charge in [-0.1, -0.05) is 18.2 Å². The summed E-state index contributed by atoms with van der Waals surface area (Å²) in [6, 6.07) is 5.75. The molecule has 4 heteroatoms. The third kappa shape index (κ3) is 4.46. The van der Waals surface area contributed by atoms with Crippen LogP contribution in [0.5, 0.6) is 0 Å². The second-order valence-corrected chi connectivity index (χ2v) is 5.30. The summed E-state index contributed by atoms with van der Waals surface area (Å²) in [4.78, 5) is 16.3. The minimum atomic E-state index is 0.0213. The number of amides is 1. The second-order valence-electron chi connectivity index (χ2n) is 5.30. The molecule has 1 aliphatic rings. The van der Waals surface area contributed by atoms with Crippen LogP contribution in [-0.2, 0) is 11.2 Å². The van der Waals surface area contributed by atoms with E-state index in [1.165, 1.54) is 0 Å². The number of allylic oxidation sites excluding steroid dienone is 2. The highest BCUT2D eigenvalue weighted by atomic mass is 16.3. The number of rotatable bonds is 6. The summed E-state index contributed by atoms with van der Waals surface area (Å²) in [6.45, 7) is 0.563. The van der Waals surface area contributed by atoms with Crippen molar-refractivity contribution >= 4 is 5.91 Å². The quantitative estimate of drug-likeness (QED) is 0.776. The van der Waals surface area contributed by atoms with E-state index in [9.17, 15) is 9.90 Å². The fraction of sp³-hybridized carbons (Fsp3) is 0.500. The Morgan fingerprint density at radius 2 is 2.35 bits per heavy atom. The van der Waals surface area contributed by atoms with Crippen LogP contribution in [0.3, 0.4) is 0 Å². The molecule has 2 rings (SSSR count). The van der Waals surface area contributed by atoms with Crippen LogP contribution in [0.4, 0.5) is 0 Å². The maximum Gasteiger partial charge on any atom is 0.223 e. The fourth-order valence-electron chi connectivity index (χ4n) is 2.44. The molecule has 0 aromatic carbocycles. The van der Waals surface area contributed by atoms with Crippen molar-refractivity contribution in [3.63, 3.8) is 0 Å². The molecule has 0 fully saturated rings. The lowest BCUT2D eigenvalue weighted by Gasteiger charge is -2.20. The number of aliphatic hydroxyl groups is 1. The van der Waals surface area contributed by atoms with Gasteiger partial charge in [-0.25, -0.2) is 0 Å². The van der Waals surface area contributed by atoms with Crippen LogP contribution in [-0.4, -0.2) is 29.1 Å². The topological polar surface area (TPSA) is 62.2 Å². The van der Waals surface area contributed by atoms with Crippen LogP contribution in [0.1, 0.15) is 25.0 Å². The van der Waals surface area contributed by atoms with Crippen molar-refractivity contribution < 1.29 is 9.90 Å². The first-order chi connectivity index (χ1) is 9.79. The van der Waals surface area contributed by atoms with E-state index in [2.05, 4.69) is 22.5 Å². The standard InChI is InChI=1S/C16H22N2O2/c19-12-13(10-15-8-4-5-9-17-15)11-18-16(20)14-6-2-1-3-7-14/h1-2,4-5,8-9,13-14,19H,3,6-7,10-12H2,(H,18,20). The first-order valence-corrected chi connectivity index (χ1v) is 7.23. The van der Waals surface area contributed by atoms with E-state index in [-0.39, 0.29) is 24.3 Å². The average Bonchev–Trinajstić information content (AvgIpc) is 2.53. The third-order valence-corrected chi connectivity index (χ3v) is 3.69. The zero-order valence-corrected chi connectivity index (χ0v) is 11.7. The number of nitrogens with zero attached hydrogens (tertiary/aromatic N) is 1. The van der Waals surface area contributed by atoms with E-state index in [0.29, 0.717) is 13.0 Å². The molecule has 0 spiro atoms. The van der Waals surface area contributed by atoms with Crippen LogP contribution >= 0.6 is 0 Å². The summed E-state index contributed by atoms with van der Waals surface area (Å²) in [7, 11) is 0. The molecule has 108 valence electrons. The maximum atomic E-state index is 12.0. The van der Waals surface area contributed by atoms with Crippen LogP contribution in [0.15, 0.2) is 36.5 Å². The number of nitrogens with one attached hydrogen (secondary N) is 1. The lowest BCUT2D eigenvalue weighted by atomic mass is 9.93. The van der Waals surface area contributed by atoms with E-state index in [0.717, 1.165) is 25.0 Å². The molecular weight excluding hydrogens is 252 g/mol. The lowest BCUT2D eigenvalue weighted by molar-refractivity contribution is -0.125. The van der Waals surface area contributed by atoms with Gasteiger partial charge in [0, 0.05) is 36.9 Å². The molecule has 1 amide bonds. The van der Waals surface area contributed by atoms with Gasteiger partial charge in [0.15, 0.2) is 0 Å². The molecule has 0 bridgehead atoms. The maximum absolute atomic E-state index is 12.0. The normalized spacial score (nSPS) is 19.6. The Kier molecular flexibility index (Phi) is 5.74. The van der Waals surface area contributed by atoms with Gasteiger partial charge < -0.3 is 10.4 Å². The number of hydrogen-bond donors (Lipinski definition) is 2. The second kappa shape index (κ2) is 7.80. The van der Waals surface area contributed by atoms with Gasteiger partial charge in [-0.3, -0.25) is 9.78 Å². The van der Waals surface area contributed by atoms with E-state index in [1.807, 2.05) is 18.2 Å². The Morgan fingerprint density at radius 3 is 3.00 bits per heavy atom. The van der Waals surface area contributed by atoms with Gasteiger partial charge in [0.2, 0.25) is 5.91 Å². The van der Waals surface area contributed by atoms with Crippen molar-refractivity contribution in [1.82, 2.24) is 10.3 Å². The summed E-state index contributed by atoms with van der Waals surface area (Å²) in [5, 5.41) is 12.4. The summed E-state index contributed by atoms with van der Waals surface area (Å²) in [5.74, 6) is 0.219. The van der Waals surface area contributed by atoms with Crippen molar-refractivity contribution in [2.45, 2.75) is 25.7 Å². The molecule has 2 atom stereocenters. The van der Waals surface area contributed by atoms with E-state index < -0.39 is 0 Å². The van der Waals surface area contributed by atoms with E-state index in [4.69, 9.17) is 0 Å². The Hall–Kier alpha value is -1.68. The highest BCUT2D eigenvalue weighted by Crippen LogP contribution is 2.18. The molecule has 4 nitrogen and oxygen atoms in total. The van der Waals surface area contributed by atoms with E-state index >= 15 is 0 Å². The fourth-order valence-corrected chi connectivity index (χ4v) is 2.44. The SMILES string of the molecule is O=C(NCC(CO)Cc1ccccn1)C1CC=CCC1. The molecule has 0 saturated heterocycles. The predicted molar refractivity (Wildman–Crippen MR) is 78.0 cm³/mol. The summed E-state index contributed by atoms with van der Waals surface area (Å²) >= 11 is 0. The number of carbonyl (C=O) groups is 1. The van der Waals surface area contributed by atoms with Gasteiger partial charge in [-0.15, -0.1) is 0 Å². The molecule has 1 aromatic heterocycles. The minimum absolute atomic E-state index is 0.0213. The Morgan fingerprint density at radius 1 is 1.45 bits per heavy atom. The molecule has 1 aromatic rings. The number of aliphatic hydroxyl groups excluding tert-OH is 1. The van der Waals surface area contributed by atoms with Gasteiger partial charge in [0.05, 0.1) is 0 Å². The molecule has 2 N–H and O–H groups in total. The van der Waals surface area contributed by atoms with Crippen molar-refractivity contribution in [1.29, 1.82) is 0 Å². The van der Waals surface area contributed by atoms with Crippen LogP contribution in [0.2, 0.25) is 0 Å². The van der Waals surface area contributed by atoms with Crippen molar-refractivity contribution in [3.8, 4) is 0 Å². The van der Waals surface area contributed by atoms with E-state index in [1.54, 1.807) is 6.20 Å². The molecular formula is C16H22N2O2. The smallest absolute Gasteiger partial charge is 0.223 e. The summed E-state index contributed by atoms with van der Waals surface area (Å²) < 4.78 is 0. The van der Waals surface area contributed by atoms with Gasteiger partial charge in [-0.05, 0) is 37.8 Å². The molecule has 20 heavy (non-hydrogen) atoms. The van der Waals surface area contributed by atoms with Crippen LogP contribution in [0, 0.1) is 11.8 Å². The molecule has 1 aliphatic carbocycles. The van der Waals surface area contributed by atoms with Crippen LogP contribution < -0.4 is 5.32 Å². The molecule has 0 radical (unpaired) electrons. The van der Waals surface area contributed by atoms with Crippen molar-refractivity contribution in [2.75, 3.05) is 13.2 Å². The average molecular weight is 274 g/mol. The molecule has 1 heterocycles. The van der Waals surface area contributed by atoms with Crippen molar-refractivity contribution in [3.05, 3.63) is 42.2 Å².